The van der Waals surface area contributed by atoms with Gasteiger partial charge in [-0.3, -0.25) is 4.79 Å². The van der Waals surface area contributed by atoms with Gasteiger partial charge in [0.05, 0.1) is 26.1 Å². The van der Waals surface area contributed by atoms with Crippen LogP contribution in [0.4, 0.5) is 5.69 Å². The molecule has 1 N–H and O–H groups in total. The fraction of sp³-hybridized carbons (Fsp3) is 0.429. The molecule has 2 aromatic rings. The fourth-order valence-corrected chi connectivity index (χ4v) is 2.72. The number of amides is 1. The number of carbonyl (C=O) groups is 1. The minimum atomic E-state index is -0.168. The van der Waals surface area contributed by atoms with E-state index in [1.807, 2.05) is 31.3 Å². The molecular formula is C21H29N3O3. The molecule has 0 aliphatic carbocycles. The molecule has 0 aliphatic rings. The van der Waals surface area contributed by atoms with Gasteiger partial charge in [0.25, 0.3) is 5.91 Å². The van der Waals surface area contributed by atoms with Gasteiger partial charge in [-0.2, -0.15) is 0 Å². The summed E-state index contributed by atoms with van der Waals surface area (Å²) in [6.07, 6.45) is 4.73. The Morgan fingerprint density at radius 2 is 1.93 bits per heavy atom. The van der Waals surface area contributed by atoms with Crippen LogP contribution in [0.3, 0.4) is 0 Å². The predicted octanol–water partition coefficient (Wildman–Crippen LogP) is 3.31. The largest absolute Gasteiger partial charge is 0.493 e. The second kappa shape index (κ2) is 10.4. The van der Waals surface area contributed by atoms with E-state index in [1.54, 1.807) is 26.5 Å². The molecule has 2 rings (SSSR count). The van der Waals surface area contributed by atoms with Crippen molar-refractivity contribution in [1.29, 1.82) is 0 Å². The highest BCUT2D eigenvalue weighted by atomic mass is 16.5. The van der Waals surface area contributed by atoms with Gasteiger partial charge < -0.3 is 19.7 Å². The second-order valence-corrected chi connectivity index (χ2v) is 6.37. The maximum Gasteiger partial charge on any atom is 0.269 e. The van der Waals surface area contributed by atoms with Crippen LogP contribution in [0.2, 0.25) is 0 Å². The number of anilines is 1. The van der Waals surface area contributed by atoms with Crippen molar-refractivity contribution >= 4 is 11.6 Å². The molecule has 0 atom stereocenters. The lowest BCUT2D eigenvalue weighted by atomic mass is 10.1. The smallest absolute Gasteiger partial charge is 0.269 e. The zero-order chi connectivity index (χ0) is 19.6. The molecule has 0 bridgehead atoms. The van der Waals surface area contributed by atoms with E-state index in [1.165, 1.54) is 0 Å². The Kier molecular flexibility index (Phi) is 7.92. The summed E-state index contributed by atoms with van der Waals surface area (Å²) < 4.78 is 10.5. The van der Waals surface area contributed by atoms with E-state index in [2.05, 4.69) is 22.1 Å². The van der Waals surface area contributed by atoms with Gasteiger partial charge in [0.1, 0.15) is 5.69 Å². The summed E-state index contributed by atoms with van der Waals surface area (Å²) in [6, 6.07) is 9.46. The van der Waals surface area contributed by atoms with E-state index in [4.69, 9.17) is 9.47 Å². The van der Waals surface area contributed by atoms with Crippen LogP contribution in [-0.4, -0.2) is 45.2 Å². The third kappa shape index (κ3) is 5.88. The van der Waals surface area contributed by atoms with Gasteiger partial charge in [-0.05, 0) is 42.7 Å². The van der Waals surface area contributed by atoms with Crippen molar-refractivity contribution in [3.05, 3.63) is 47.8 Å². The average Bonchev–Trinajstić information content (AvgIpc) is 2.71. The SMILES string of the molecule is CCCCN(C)c1ccc(C(=O)NCCc2ccc(OC)c(OC)c2)nc1. The van der Waals surface area contributed by atoms with E-state index in [-0.39, 0.29) is 5.91 Å². The standard InChI is InChI=1S/C21H29N3O3/c1-5-6-13-24(2)17-8-9-18(23-15-17)21(25)22-12-11-16-7-10-19(26-3)20(14-16)27-4/h7-10,14-15H,5-6,11-13H2,1-4H3,(H,22,25). The molecule has 0 unspecified atom stereocenters. The molecule has 1 heterocycles. The van der Waals surface area contributed by atoms with E-state index in [0.717, 1.165) is 30.6 Å². The normalized spacial score (nSPS) is 10.4. The van der Waals surface area contributed by atoms with Gasteiger partial charge in [-0.1, -0.05) is 19.4 Å². The summed E-state index contributed by atoms with van der Waals surface area (Å²) in [7, 11) is 5.26. The number of aromatic nitrogens is 1. The molecule has 0 saturated heterocycles. The highest BCUT2D eigenvalue weighted by Crippen LogP contribution is 2.27. The minimum absolute atomic E-state index is 0.168. The Hall–Kier alpha value is -2.76. The van der Waals surface area contributed by atoms with Crippen LogP contribution in [0.5, 0.6) is 11.5 Å². The Morgan fingerprint density at radius 1 is 1.15 bits per heavy atom. The number of nitrogens with zero attached hydrogens (tertiary/aromatic N) is 2. The summed E-state index contributed by atoms with van der Waals surface area (Å²) in [6.45, 7) is 3.67. The lowest BCUT2D eigenvalue weighted by molar-refractivity contribution is 0.0949. The van der Waals surface area contributed by atoms with Gasteiger partial charge in [0.15, 0.2) is 11.5 Å². The van der Waals surface area contributed by atoms with Crippen molar-refractivity contribution in [2.45, 2.75) is 26.2 Å². The highest BCUT2D eigenvalue weighted by Gasteiger charge is 2.09. The van der Waals surface area contributed by atoms with Crippen LogP contribution >= 0.6 is 0 Å². The molecular weight excluding hydrogens is 342 g/mol. The second-order valence-electron chi connectivity index (χ2n) is 6.37. The van der Waals surface area contributed by atoms with Crippen molar-refractivity contribution in [3.8, 4) is 11.5 Å². The molecule has 27 heavy (non-hydrogen) atoms. The van der Waals surface area contributed by atoms with Crippen LogP contribution in [0.1, 0.15) is 35.8 Å². The monoisotopic (exact) mass is 371 g/mol. The number of ether oxygens (including phenoxy) is 2. The molecule has 0 radical (unpaired) electrons. The molecule has 1 amide bonds. The maximum absolute atomic E-state index is 12.3. The fourth-order valence-electron chi connectivity index (χ4n) is 2.72. The molecule has 1 aromatic heterocycles. The number of rotatable bonds is 10. The van der Waals surface area contributed by atoms with E-state index in [0.29, 0.717) is 30.2 Å². The van der Waals surface area contributed by atoms with Crippen molar-refractivity contribution in [3.63, 3.8) is 0 Å². The number of hydrogen-bond donors (Lipinski definition) is 1. The first kappa shape index (κ1) is 20.6. The van der Waals surface area contributed by atoms with Crippen molar-refractivity contribution in [1.82, 2.24) is 10.3 Å². The van der Waals surface area contributed by atoms with Crippen LogP contribution < -0.4 is 19.7 Å². The number of hydrogen-bond acceptors (Lipinski definition) is 5. The van der Waals surface area contributed by atoms with Gasteiger partial charge in [0, 0.05) is 20.1 Å². The molecule has 0 fully saturated rings. The summed E-state index contributed by atoms with van der Waals surface area (Å²) in [5.41, 5.74) is 2.51. The maximum atomic E-state index is 12.3. The number of nitrogens with one attached hydrogen (secondary N) is 1. The number of unbranched alkanes of at least 4 members (excludes halogenated alkanes) is 1. The first-order chi connectivity index (χ1) is 13.1. The van der Waals surface area contributed by atoms with Crippen LogP contribution in [0.15, 0.2) is 36.5 Å². The van der Waals surface area contributed by atoms with Crippen LogP contribution in [0.25, 0.3) is 0 Å². The van der Waals surface area contributed by atoms with Gasteiger partial charge >= 0.3 is 0 Å². The number of methoxy groups -OCH3 is 2. The van der Waals surface area contributed by atoms with Gasteiger partial charge in [-0.25, -0.2) is 4.98 Å². The number of carbonyl (C=O) groups excluding carboxylic acids is 1. The van der Waals surface area contributed by atoms with Crippen LogP contribution in [-0.2, 0) is 6.42 Å². The van der Waals surface area contributed by atoms with Crippen molar-refractivity contribution < 1.29 is 14.3 Å². The Bertz CT molecular complexity index is 732. The van der Waals surface area contributed by atoms with E-state index >= 15 is 0 Å². The highest BCUT2D eigenvalue weighted by molar-refractivity contribution is 5.92. The molecule has 1 aromatic carbocycles. The third-order valence-electron chi connectivity index (χ3n) is 4.42. The summed E-state index contributed by atoms with van der Waals surface area (Å²) in [5.74, 6) is 1.21. The van der Waals surface area contributed by atoms with Crippen molar-refractivity contribution in [2.24, 2.45) is 0 Å². The molecule has 0 aliphatic heterocycles. The molecule has 146 valence electrons. The minimum Gasteiger partial charge on any atom is -0.493 e. The predicted molar refractivity (Wildman–Crippen MR) is 108 cm³/mol. The Morgan fingerprint density at radius 3 is 2.56 bits per heavy atom. The lowest BCUT2D eigenvalue weighted by Gasteiger charge is -2.18. The molecule has 6 nitrogen and oxygen atoms in total. The Balaban J connectivity index is 1.87. The number of benzene rings is 1. The van der Waals surface area contributed by atoms with Gasteiger partial charge in [-0.15, -0.1) is 0 Å². The summed E-state index contributed by atoms with van der Waals surface area (Å²) >= 11 is 0. The summed E-state index contributed by atoms with van der Waals surface area (Å²) in [5, 5.41) is 2.91. The van der Waals surface area contributed by atoms with Gasteiger partial charge in [0.2, 0.25) is 0 Å². The third-order valence-corrected chi connectivity index (χ3v) is 4.42. The van der Waals surface area contributed by atoms with Crippen LogP contribution in [0, 0.1) is 0 Å². The zero-order valence-corrected chi connectivity index (χ0v) is 16.6. The quantitative estimate of drug-likeness (QED) is 0.694. The summed E-state index contributed by atoms with van der Waals surface area (Å²) in [4.78, 5) is 18.7. The number of pyridine rings is 1. The molecule has 0 spiro atoms. The lowest BCUT2D eigenvalue weighted by Crippen LogP contribution is -2.26. The van der Waals surface area contributed by atoms with E-state index < -0.39 is 0 Å². The Labute approximate surface area is 161 Å². The average molecular weight is 371 g/mol. The first-order valence-corrected chi connectivity index (χ1v) is 9.25. The topological polar surface area (TPSA) is 63.7 Å². The first-order valence-electron chi connectivity index (χ1n) is 9.25. The zero-order valence-electron chi connectivity index (χ0n) is 16.6. The molecule has 6 heteroatoms. The van der Waals surface area contributed by atoms with E-state index in [9.17, 15) is 4.79 Å². The molecule has 0 saturated carbocycles. The van der Waals surface area contributed by atoms with Crippen molar-refractivity contribution in [2.75, 3.05) is 39.3 Å².